The Morgan fingerprint density at radius 2 is 1.76 bits per heavy atom. The molecule has 0 saturated heterocycles. The lowest BCUT2D eigenvalue weighted by Gasteiger charge is -2.45. The molecule has 0 spiro atoms. The van der Waals surface area contributed by atoms with Crippen molar-refractivity contribution in [3.05, 3.63) is 39.7 Å². The number of benzene rings is 1. The number of amides is 1. The second-order valence-electron chi connectivity index (χ2n) is 8.32. The molecular weight excluding hydrogens is 425 g/mol. The Hall–Kier alpha value is -1.14. The van der Waals surface area contributed by atoms with Gasteiger partial charge < -0.3 is 11.1 Å². The molecule has 4 nitrogen and oxygen atoms in total. The molecule has 3 N–H and O–H groups in total. The first-order valence-corrected chi connectivity index (χ1v) is 10.9. The molecule has 1 aromatic carbocycles. The lowest BCUT2D eigenvalue weighted by Crippen LogP contribution is -2.54. The Labute approximate surface area is 189 Å². The van der Waals surface area contributed by atoms with Gasteiger partial charge in [0, 0.05) is 22.5 Å². The minimum absolute atomic E-state index is 0. The Morgan fingerprint density at radius 1 is 1.14 bits per heavy atom. The molecule has 0 aliphatic heterocycles. The zero-order chi connectivity index (χ0) is 19.0. The third-order valence-corrected chi connectivity index (χ3v) is 7.13. The maximum atomic E-state index is 12.9. The van der Waals surface area contributed by atoms with Crippen LogP contribution in [0.5, 0.6) is 0 Å². The van der Waals surface area contributed by atoms with Crippen molar-refractivity contribution >= 4 is 42.1 Å². The van der Waals surface area contributed by atoms with Crippen LogP contribution >= 0.6 is 36.2 Å². The highest BCUT2D eigenvalue weighted by molar-refractivity contribution is 7.12. The van der Waals surface area contributed by atoms with Crippen molar-refractivity contribution in [1.82, 2.24) is 10.3 Å². The van der Waals surface area contributed by atoms with Gasteiger partial charge in [-0.15, -0.1) is 36.2 Å². The number of carbonyl (C=O) groups excluding carboxylic acids is 1. The van der Waals surface area contributed by atoms with Crippen LogP contribution in [0.1, 0.15) is 47.6 Å². The zero-order valence-electron chi connectivity index (χ0n) is 17.0. The summed E-state index contributed by atoms with van der Waals surface area (Å²) in [6.07, 6.45) is 6.19. The number of rotatable bonds is 4. The van der Waals surface area contributed by atoms with Gasteiger partial charge in [-0.3, -0.25) is 4.79 Å². The van der Waals surface area contributed by atoms with Crippen molar-refractivity contribution in [1.29, 1.82) is 0 Å². The lowest BCUT2D eigenvalue weighted by atomic mass is 9.67. The fourth-order valence-electron chi connectivity index (χ4n) is 4.93. The number of hydrogen-bond acceptors (Lipinski definition) is 4. The van der Waals surface area contributed by atoms with E-state index in [-0.39, 0.29) is 30.7 Å². The molecule has 2 unspecified atom stereocenters. The van der Waals surface area contributed by atoms with Crippen LogP contribution in [-0.2, 0) is 11.2 Å². The number of halogens is 2. The molecule has 7 heteroatoms. The standard InChI is InChI=1S/C22H29N3OS.2ClH/c1-13-6-8-15(9-7-13)22-19(27-14(2)24-22)12-20(26)25-21-16-4-3-5-17(21)11-18(23)10-16;;/h6-9,16-18,21H,3-5,10-12,23H2,1-2H3,(H,25,26);2*1H. The summed E-state index contributed by atoms with van der Waals surface area (Å²) in [4.78, 5) is 18.6. The average Bonchev–Trinajstić information content (AvgIpc) is 2.96. The van der Waals surface area contributed by atoms with E-state index in [0.717, 1.165) is 34.0 Å². The van der Waals surface area contributed by atoms with Crippen molar-refractivity contribution in [3.8, 4) is 11.3 Å². The van der Waals surface area contributed by atoms with Gasteiger partial charge in [0.15, 0.2) is 0 Å². The molecule has 2 saturated carbocycles. The number of aromatic nitrogens is 1. The van der Waals surface area contributed by atoms with Crippen LogP contribution in [0.2, 0.25) is 0 Å². The predicted molar refractivity (Wildman–Crippen MR) is 125 cm³/mol. The molecule has 29 heavy (non-hydrogen) atoms. The van der Waals surface area contributed by atoms with Gasteiger partial charge in [0.2, 0.25) is 5.91 Å². The number of nitrogens with one attached hydrogen (secondary N) is 1. The largest absolute Gasteiger partial charge is 0.352 e. The summed E-state index contributed by atoms with van der Waals surface area (Å²) in [6, 6.07) is 9.00. The highest BCUT2D eigenvalue weighted by Crippen LogP contribution is 2.39. The highest BCUT2D eigenvalue weighted by Gasteiger charge is 2.39. The first-order valence-electron chi connectivity index (χ1n) is 10.1. The predicted octanol–water partition coefficient (Wildman–Crippen LogP) is 4.84. The average molecular weight is 456 g/mol. The van der Waals surface area contributed by atoms with E-state index in [2.05, 4.69) is 36.5 Å². The van der Waals surface area contributed by atoms with E-state index in [4.69, 9.17) is 10.7 Å². The molecule has 2 atom stereocenters. The number of carbonyl (C=O) groups is 1. The van der Waals surface area contributed by atoms with Crippen molar-refractivity contribution in [2.45, 2.75) is 64.5 Å². The van der Waals surface area contributed by atoms with Gasteiger partial charge in [0.05, 0.1) is 17.1 Å². The Kier molecular flexibility index (Phi) is 8.53. The lowest BCUT2D eigenvalue weighted by molar-refractivity contribution is -0.122. The molecule has 1 aromatic heterocycles. The minimum Gasteiger partial charge on any atom is -0.352 e. The molecule has 0 radical (unpaired) electrons. The minimum atomic E-state index is 0. The van der Waals surface area contributed by atoms with Gasteiger partial charge in [0.25, 0.3) is 0 Å². The van der Waals surface area contributed by atoms with Crippen LogP contribution < -0.4 is 11.1 Å². The van der Waals surface area contributed by atoms with Gasteiger partial charge in [0.1, 0.15) is 0 Å². The number of aryl methyl sites for hydroxylation is 2. The van der Waals surface area contributed by atoms with Crippen molar-refractivity contribution < 1.29 is 4.79 Å². The first-order chi connectivity index (χ1) is 13.0. The van der Waals surface area contributed by atoms with E-state index in [1.165, 1.54) is 24.8 Å². The third-order valence-electron chi connectivity index (χ3n) is 6.15. The van der Waals surface area contributed by atoms with Gasteiger partial charge in [-0.2, -0.15) is 0 Å². The van der Waals surface area contributed by atoms with Gasteiger partial charge >= 0.3 is 0 Å². The number of nitrogens with zero attached hydrogens (tertiary/aromatic N) is 1. The summed E-state index contributed by atoms with van der Waals surface area (Å²) in [5.41, 5.74) is 9.50. The highest BCUT2D eigenvalue weighted by atomic mass is 35.5. The normalized spacial score (nSPS) is 25.5. The van der Waals surface area contributed by atoms with Gasteiger partial charge in [-0.05, 0) is 51.4 Å². The maximum absolute atomic E-state index is 12.9. The summed E-state index contributed by atoms with van der Waals surface area (Å²) in [7, 11) is 0. The van der Waals surface area contributed by atoms with Crippen LogP contribution in [0, 0.1) is 25.7 Å². The molecule has 1 heterocycles. The zero-order valence-corrected chi connectivity index (χ0v) is 19.5. The van der Waals surface area contributed by atoms with E-state index < -0.39 is 0 Å². The van der Waals surface area contributed by atoms with E-state index in [9.17, 15) is 4.79 Å². The monoisotopic (exact) mass is 455 g/mol. The number of nitrogens with two attached hydrogens (primary N) is 1. The SMILES string of the molecule is Cc1ccc(-c2nc(C)sc2CC(=O)NC2C3CCCC2CC(N)C3)cc1.Cl.Cl. The molecular formula is C22H31Cl2N3OS. The topological polar surface area (TPSA) is 68.0 Å². The molecule has 2 fully saturated rings. The van der Waals surface area contributed by atoms with Crippen LogP contribution in [0.4, 0.5) is 0 Å². The van der Waals surface area contributed by atoms with Crippen LogP contribution in [0.25, 0.3) is 11.3 Å². The Morgan fingerprint density at radius 3 is 2.38 bits per heavy atom. The molecule has 4 rings (SSSR count). The van der Waals surface area contributed by atoms with E-state index in [1.54, 1.807) is 11.3 Å². The number of thiazole rings is 1. The molecule has 2 bridgehead atoms. The summed E-state index contributed by atoms with van der Waals surface area (Å²) < 4.78 is 0. The van der Waals surface area contributed by atoms with Gasteiger partial charge in [-0.25, -0.2) is 4.98 Å². The quantitative estimate of drug-likeness (QED) is 0.692. The third kappa shape index (κ3) is 5.52. The van der Waals surface area contributed by atoms with E-state index in [0.29, 0.717) is 30.3 Å². The second kappa shape index (κ2) is 10.3. The molecule has 2 aliphatic carbocycles. The van der Waals surface area contributed by atoms with Crippen molar-refractivity contribution in [2.24, 2.45) is 17.6 Å². The van der Waals surface area contributed by atoms with Crippen molar-refractivity contribution in [3.63, 3.8) is 0 Å². The Bertz CT molecular complexity index is 810. The fraction of sp³-hybridized carbons (Fsp3) is 0.545. The second-order valence-corrected chi connectivity index (χ2v) is 9.61. The van der Waals surface area contributed by atoms with Crippen LogP contribution in [-0.4, -0.2) is 23.0 Å². The summed E-state index contributed by atoms with van der Waals surface area (Å²) in [5.74, 6) is 1.23. The summed E-state index contributed by atoms with van der Waals surface area (Å²) in [6.45, 7) is 4.09. The molecule has 160 valence electrons. The number of fused-ring (bicyclic) bond motifs is 2. The van der Waals surface area contributed by atoms with Crippen LogP contribution in [0.15, 0.2) is 24.3 Å². The first kappa shape index (κ1) is 24.1. The summed E-state index contributed by atoms with van der Waals surface area (Å²) >= 11 is 1.63. The van der Waals surface area contributed by atoms with Gasteiger partial charge in [-0.1, -0.05) is 36.2 Å². The van der Waals surface area contributed by atoms with Crippen molar-refractivity contribution in [2.75, 3.05) is 0 Å². The van der Waals surface area contributed by atoms with Crippen LogP contribution in [0.3, 0.4) is 0 Å². The molecule has 1 amide bonds. The molecule has 2 aromatic rings. The number of hydrogen-bond donors (Lipinski definition) is 2. The maximum Gasteiger partial charge on any atom is 0.225 e. The molecule has 2 aliphatic rings. The Balaban J connectivity index is 0.00000150. The van der Waals surface area contributed by atoms with E-state index >= 15 is 0 Å². The fourth-order valence-corrected chi connectivity index (χ4v) is 5.89. The smallest absolute Gasteiger partial charge is 0.225 e. The summed E-state index contributed by atoms with van der Waals surface area (Å²) in [5, 5.41) is 4.38. The van der Waals surface area contributed by atoms with E-state index in [1.807, 2.05) is 6.92 Å².